The fraction of sp³-hybridized carbons (Fsp3) is 0.240. The molecule has 1 aliphatic rings. The molecule has 0 aliphatic carbocycles. The molecule has 1 aliphatic heterocycles. The molecule has 1 N–H and O–H groups in total. The van der Waals surface area contributed by atoms with Gasteiger partial charge in [0, 0.05) is 35.8 Å². The van der Waals surface area contributed by atoms with Gasteiger partial charge in [-0.3, -0.25) is 24.3 Å². The molecule has 0 unspecified atom stereocenters. The van der Waals surface area contributed by atoms with Gasteiger partial charge in [-0.2, -0.15) is 0 Å². The lowest BCUT2D eigenvalue weighted by molar-refractivity contribution is -0.384. The second kappa shape index (κ2) is 10.1. The Morgan fingerprint density at radius 2 is 1.92 bits per heavy atom. The molecule has 0 bridgehead atoms. The van der Waals surface area contributed by atoms with Crippen molar-refractivity contribution < 1.29 is 14.8 Å². The maximum atomic E-state index is 13.7. The van der Waals surface area contributed by atoms with Crippen LogP contribution < -0.4 is 14.9 Å². The van der Waals surface area contributed by atoms with E-state index in [1.165, 1.54) is 28.8 Å². The molecule has 1 amide bonds. The number of carbonyl (C=O) groups excluding carboxylic acids is 1. The van der Waals surface area contributed by atoms with E-state index in [4.69, 9.17) is 11.6 Å². The number of nitro benzene ring substituents is 1. The van der Waals surface area contributed by atoms with Gasteiger partial charge in [-0.05, 0) is 50.6 Å². The SMILES string of the molecule is CCN(CC)C(=O)C1=C(C)N=c2s/c(=C/c3cc([N+](=O)[O-])ccc3O)c(=O)n2[C@@H]1c1ccc(Cl)cc1. The van der Waals surface area contributed by atoms with Gasteiger partial charge in [-0.1, -0.05) is 35.1 Å². The van der Waals surface area contributed by atoms with Gasteiger partial charge in [0.15, 0.2) is 4.80 Å². The number of likely N-dealkylation sites (N-methyl/N-ethyl adjacent to an activating group) is 1. The average molecular weight is 527 g/mol. The second-order valence-electron chi connectivity index (χ2n) is 8.11. The van der Waals surface area contributed by atoms with Crippen molar-refractivity contribution in [3.63, 3.8) is 0 Å². The van der Waals surface area contributed by atoms with E-state index < -0.39 is 16.5 Å². The van der Waals surface area contributed by atoms with Crippen molar-refractivity contribution >= 4 is 40.6 Å². The van der Waals surface area contributed by atoms with Crippen LogP contribution in [-0.2, 0) is 4.79 Å². The highest BCUT2D eigenvalue weighted by Gasteiger charge is 2.34. The molecule has 0 saturated carbocycles. The second-order valence-corrected chi connectivity index (χ2v) is 9.56. The van der Waals surface area contributed by atoms with Crippen LogP contribution in [0.25, 0.3) is 6.08 Å². The maximum Gasteiger partial charge on any atom is 0.271 e. The van der Waals surface area contributed by atoms with E-state index >= 15 is 0 Å². The lowest BCUT2D eigenvalue weighted by Crippen LogP contribution is -2.43. The van der Waals surface area contributed by atoms with Gasteiger partial charge in [-0.15, -0.1) is 0 Å². The number of amides is 1. The number of nitrogens with zero attached hydrogens (tertiary/aromatic N) is 4. The minimum absolute atomic E-state index is 0.132. The lowest BCUT2D eigenvalue weighted by Gasteiger charge is -2.29. The van der Waals surface area contributed by atoms with E-state index in [-0.39, 0.29) is 27.4 Å². The van der Waals surface area contributed by atoms with Crippen LogP contribution in [0.5, 0.6) is 5.75 Å². The zero-order valence-corrected chi connectivity index (χ0v) is 21.3. The fourth-order valence-electron chi connectivity index (χ4n) is 4.15. The highest BCUT2D eigenvalue weighted by molar-refractivity contribution is 7.07. The molecular formula is C25H23ClN4O5S. The summed E-state index contributed by atoms with van der Waals surface area (Å²) in [6.45, 7) is 6.50. The highest BCUT2D eigenvalue weighted by Crippen LogP contribution is 2.32. The van der Waals surface area contributed by atoms with Gasteiger partial charge >= 0.3 is 0 Å². The third kappa shape index (κ3) is 4.57. The molecule has 11 heteroatoms. The predicted molar refractivity (Wildman–Crippen MR) is 138 cm³/mol. The van der Waals surface area contributed by atoms with Crippen LogP contribution in [0.2, 0.25) is 5.02 Å². The number of thiazole rings is 1. The summed E-state index contributed by atoms with van der Waals surface area (Å²) in [5.74, 6) is -0.416. The van der Waals surface area contributed by atoms with Crippen molar-refractivity contribution in [3.8, 4) is 5.75 Å². The van der Waals surface area contributed by atoms with Crippen LogP contribution in [0.3, 0.4) is 0 Å². The fourth-order valence-corrected chi connectivity index (χ4v) is 5.31. The molecule has 0 fully saturated rings. The summed E-state index contributed by atoms with van der Waals surface area (Å²) in [7, 11) is 0. The third-order valence-electron chi connectivity index (χ3n) is 6.00. The average Bonchev–Trinajstić information content (AvgIpc) is 3.15. The molecule has 2 heterocycles. The first-order valence-electron chi connectivity index (χ1n) is 11.2. The summed E-state index contributed by atoms with van der Waals surface area (Å²) in [4.78, 5) is 44.5. The molecule has 3 aromatic rings. The molecule has 2 aromatic carbocycles. The summed E-state index contributed by atoms with van der Waals surface area (Å²) in [5, 5.41) is 22.0. The minimum atomic E-state index is -0.743. The van der Waals surface area contributed by atoms with Crippen LogP contribution in [0.1, 0.15) is 37.9 Å². The van der Waals surface area contributed by atoms with E-state index in [1.807, 2.05) is 13.8 Å². The quantitative estimate of drug-likeness (QED) is 0.390. The van der Waals surface area contributed by atoms with E-state index in [1.54, 1.807) is 36.1 Å². The monoisotopic (exact) mass is 526 g/mol. The Bertz CT molecular complexity index is 1570. The standard InChI is InChI=1S/C25H23ClN4O5S/c1-4-28(5-2)24(33)21-14(3)27-25-29(22(21)15-6-8-17(26)9-7-15)23(32)20(36-25)13-16-12-18(30(34)35)10-11-19(16)31/h6-13,22,31H,4-5H2,1-3H3/b20-13+/t22-/m1/s1. The van der Waals surface area contributed by atoms with Crippen LogP contribution in [0.4, 0.5) is 5.69 Å². The smallest absolute Gasteiger partial charge is 0.271 e. The van der Waals surface area contributed by atoms with Crippen molar-refractivity contribution in [2.24, 2.45) is 4.99 Å². The third-order valence-corrected chi connectivity index (χ3v) is 7.23. The van der Waals surface area contributed by atoms with E-state index in [0.29, 0.717) is 39.7 Å². The Hall–Kier alpha value is -3.76. The first-order valence-corrected chi connectivity index (χ1v) is 12.4. The summed E-state index contributed by atoms with van der Waals surface area (Å²) in [6.07, 6.45) is 1.40. The molecular weight excluding hydrogens is 504 g/mol. The number of hydrogen-bond donors (Lipinski definition) is 1. The summed E-state index contributed by atoms with van der Waals surface area (Å²) in [5.41, 5.74) is 1.06. The summed E-state index contributed by atoms with van der Waals surface area (Å²) >= 11 is 7.18. The van der Waals surface area contributed by atoms with Crippen LogP contribution >= 0.6 is 22.9 Å². The molecule has 4 rings (SSSR count). The number of allylic oxidation sites excluding steroid dienone is 1. The molecule has 1 aromatic heterocycles. The van der Waals surface area contributed by atoms with Crippen LogP contribution in [0.15, 0.2) is 63.5 Å². The number of nitro groups is 1. The predicted octanol–water partition coefficient (Wildman–Crippen LogP) is 3.37. The van der Waals surface area contributed by atoms with Crippen molar-refractivity contribution in [2.45, 2.75) is 26.8 Å². The van der Waals surface area contributed by atoms with E-state index in [2.05, 4.69) is 4.99 Å². The van der Waals surface area contributed by atoms with Crippen molar-refractivity contribution in [3.05, 3.63) is 99.7 Å². The topological polar surface area (TPSA) is 118 Å². The molecule has 186 valence electrons. The number of carbonyl (C=O) groups is 1. The van der Waals surface area contributed by atoms with Crippen LogP contribution in [0, 0.1) is 10.1 Å². The number of halogens is 1. The lowest BCUT2D eigenvalue weighted by atomic mass is 9.94. The van der Waals surface area contributed by atoms with Crippen molar-refractivity contribution in [1.29, 1.82) is 0 Å². The number of rotatable bonds is 6. The maximum absolute atomic E-state index is 13.7. The van der Waals surface area contributed by atoms with Gasteiger partial charge in [0.05, 0.1) is 26.8 Å². The van der Waals surface area contributed by atoms with Crippen molar-refractivity contribution in [1.82, 2.24) is 9.47 Å². The van der Waals surface area contributed by atoms with Crippen molar-refractivity contribution in [2.75, 3.05) is 13.1 Å². The number of aromatic nitrogens is 1. The molecule has 0 saturated heterocycles. The normalized spacial score (nSPS) is 15.4. The number of non-ortho nitro benzene ring substituents is 1. The van der Waals surface area contributed by atoms with Crippen LogP contribution in [-0.4, -0.2) is 38.5 Å². The summed E-state index contributed by atoms with van der Waals surface area (Å²) in [6, 6.07) is 9.78. The summed E-state index contributed by atoms with van der Waals surface area (Å²) < 4.78 is 1.67. The number of phenolic OH excluding ortho intramolecular Hbond substituents is 1. The molecule has 0 spiro atoms. The van der Waals surface area contributed by atoms with Gasteiger partial charge in [0.2, 0.25) is 0 Å². The number of phenols is 1. The molecule has 9 nitrogen and oxygen atoms in total. The number of fused-ring (bicyclic) bond motifs is 1. The number of hydrogen-bond acceptors (Lipinski definition) is 7. The highest BCUT2D eigenvalue weighted by atomic mass is 35.5. The zero-order valence-electron chi connectivity index (χ0n) is 19.8. The molecule has 36 heavy (non-hydrogen) atoms. The van der Waals surface area contributed by atoms with Gasteiger partial charge in [0.1, 0.15) is 5.75 Å². The Morgan fingerprint density at radius 1 is 1.25 bits per heavy atom. The first-order chi connectivity index (χ1) is 17.2. The Morgan fingerprint density at radius 3 is 2.53 bits per heavy atom. The number of benzene rings is 2. The van der Waals surface area contributed by atoms with Gasteiger partial charge in [-0.25, -0.2) is 4.99 Å². The molecule has 1 atom stereocenters. The molecule has 0 radical (unpaired) electrons. The Kier molecular flexibility index (Phi) is 7.09. The van der Waals surface area contributed by atoms with Gasteiger partial charge < -0.3 is 10.0 Å². The Balaban J connectivity index is 1.97. The van der Waals surface area contributed by atoms with Gasteiger partial charge in [0.25, 0.3) is 17.2 Å². The largest absolute Gasteiger partial charge is 0.507 e. The zero-order chi connectivity index (χ0) is 26.1. The van der Waals surface area contributed by atoms with E-state index in [0.717, 1.165) is 11.3 Å². The van der Waals surface area contributed by atoms with E-state index in [9.17, 15) is 24.8 Å². The Labute approximate surface area is 215 Å². The number of aromatic hydroxyl groups is 1. The first kappa shape index (κ1) is 25.3. The minimum Gasteiger partial charge on any atom is -0.507 e.